The summed E-state index contributed by atoms with van der Waals surface area (Å²) >= 11 is 0. The van der Waals surface area contributed by atoms with Gasteiger partial charge in [0, 0.05) is 50.5 Å². The van der Waals surface area contributed by atoms with Crippen LogP contribution in [0.4, 0.5) is 0 Å². The van der Waals surface area contributed by atoms with E-state index in [0.717, 1.165) is 26.1 Å². The van der Waals surface area contributed by atoms with Gasteiger partial charge >= 0.3 is 0 Å². The minimum atomic E-state index is 0.706. The minimum Gasteiger partial charge on any atom is -0.314 e. The Bertz CT molecular complexity index is 299. The zero-order valence-electron chi connectivity index (χ0n) is 10.0. The van der Waals surface area contributed by atoms with Crippen molar-refractivity contribution >= 4 is 0 Å². The molecule has 1 aromatic heterocycles. The highest BCUT2D eigenvalue weighted by Crippen LogP contribution is 2.08. The van der Waals surface area contributed by atoms with Gasteiger partial charge in [-0.05, 0) is 18.6 Å². The summed E-state index contributed by atoms with van der Waals surface area (Å²) in [6, 6.07) is 6.86. The molecule has 1 N–H and O–H groups in total. The van der Waals surface area contributed by atoms with Gasteiger partial charge in [-0.25, -0.2) is 0 Å². The van der Waals surface area contributed by atoms with Gasteiger partial charge in [0.05, 0.1) is 0 Å². The van der Waals surface area contributed by atoms with Gasteiger partial charge in [-0.1, -0.05) is 13.0 Å². The molecule has 1 aliphatic heterocycles. The molecule has 0 bridgehead atoms. The van der Waals surface area contributed by atoms with Crippen LogP contribution in [0.3, 0.4) is 0 Å². The molecule has 1 unspecified atom stereocenters. The van der Waals surface area contributed by atoms with Gasteiger partial charge in [-0.15, -0.1) is 0 Å². The third-order valence-electron chi connectivity index (χ3n) is 3.32. The Morgan fingerprint density at radius 3 is 3.19 bits per heavy atom. The van der Waals surface area contributed by atoms with E-state index < -0.39 is 0 Å². The van der Waals surface area contributed by atoms with Crippen LogP contribution >= 0.6 is 0 Å². The first-order valence-corrected chi connectivity index (χ1v) is 6.25. The molecule has 88 valence electrons. The van der Waals surface area contributed by atoms with E-state index in [2.05, 4.69) is 34.3 Å². The highest BCUT2D eigenvalue weighted by atomic mass is 15.2. The van der Waals surface area contributed by atoms with E-state index in [4.69, 9.17) is 0 Å². The number of hydrogen-bond donors (Lipinski definition) is 1. The van der Waals surface area contributed by atoms with Gasteiger partial charge in [-0.2, -0.15) is 0 Å². The molecule has 0 aliphatic carbocycles. The van der Waals surface area contributed by atoms with Crippen molar-refractivity contribution in [3.8, 4) is 0 Å². The lowest BCUT2D eigenvalue weighted by atomic mass is 10.1. The molecule has 16 heavy (non-hydrogen) atoms. The standard InChI is InChI=1S/C13H21N3/c1-2-13-11-14-8-10-16(13)9-6-12-5-3-4-7-15-12/h3-5,7,13-14H,2,6,8-11H2,1H3. The van der Waals surface area contributed by atoms with Crippen molar-refractivity contribution in [1.82, 2.24) is 15.2 Å². The van der Waals surface area contributed by atoms with E-state index in [0.29, 0.717) is 6.04 Å². The van der Waals surface area contributed by atoms with E-state index in [1.54, 1.807) is 0 Å². The molecular weight excluding hydrogens is 198 g/mol. The number of piperazine rings is 1. The highest BCUT2D eigenvalue weighted by molar-refractivity contribution is 5.04. The van der Waals surface area contributed by atoms with E-state index in [1.165, 1.54) is 18.7 Å². The largest absolute Gasteiger partial charge is 0.314 e. The Morgan fingerprint density at radius 2 is 2.44 bits per heavy atom. The average Bonchev–Trinajstić information content (AvgIpc) is 2.38. The lowest BCUT2D eigenvalue weighted by Crippen LogP contribution is -2.51. The molecule has 2 rings (SSSR count). The summed E-state index contributed by atoms with van der Waals surface area (Å²) in [5.74, 6) is 0. The van der Waals surface area contributed by atoms with Crippen molar-refractivity contribution in [2.24, 2.45) is 0 Å². The number of rotatable bonds is 4. The predicted octanol–water partition coefficient (Wildman–Crippen LogP) is 1.31. The second kappa shape index (κ2) is 5.97. The number of nitrogens with one attached hydrogen (secondary N) is 1. The van der Waals surface area contributed by atoms with Crippen LogP contribution in [0.2, 0.25) is 0 Å². The van der Waals surface area contributed by atoms with Crippen LogP contribution in [0.1, 0.15) is 19.0 Å². The quantitative estimate of drug-likeness (QED) is 0.827. The molecule has 1 saturated heterocycles. The maximum absolute atomic E-state index is 4.37. The molecule has 0 saturated carbocycles. The fourth-order valence-corrected chi connectivity index (χ4v) is 2.30. The summed E-state index contributed by atoms with van der Waals surface area (Å²) in [4.78, 5) is 6.96. The fraction of sp³-hybridized carbons (Fsp3) is 0.615. The zero-order valence-corrected chi connectivity index (χ0v) is 10.0. The Hall–Kier alpha value is -0.930. The van der Waals surface area contributed by atoms with Gasteiger partial charge in [0.25, 0.3) is 0 Å². The van der Waals surface area contributed by atoms with E-state index in [-0.39, 0.29) is 0 Å². The maximum Gasteiger partial charge on any atom is 0.0416 e. The molecule has 3 heteroatoms. The molecule has 0 spiro atoms. The number of hydrogen-bond acceptors (Lipinski definition) is 3. The molecule has 0 radical (unpaired) electrons. The second-order valence-electron chi connectivity index (χ2n) is 4.37. The smallest absolute Gasteiger partial charge is 0.0416 e. The second-order valence-corrected chi connectivity index (χ2v) is 4.37. The van der Waals surface area contributed by atoms with Crippen molar-refractivity contribution in [2.45, 2.75) is 25.8 Å². The van der Waals surface area contributed by atoms with E-state index in [9.17, 15) is 0 Å². The summed E-state index contributed by atoms with van der Waals surface area (Å²) in [6.07, 6.45) is 4.18. The van der Waals surface area contributed by atoms with Crippen LogP contribution in [-0.4, -0.2) is 42.1 Å². The molecule has 0 amide bonds. The van der Waals surface area contributed by atoms with Crippen LogP contribution in [0.15, 0.2) is 24.4 Å². The summed E-state index contributed by atoms with van der Waals surface area (Å²) in [6.45, 7) is 6.84. The molecule has 1 aromatic rings. The van der Waals surface area contributed by atoms with Gasteiger partial charge in [0.1, 0.15) is 0 Å². The summed E-state index contributed by atoms with van der Waals surface area (Å²) in [7, 11) is 0. The maximum atomic E-state index is 4.37. The van der Waals surface area contributed by atoms with Crippen LogP contribution in [0.5, 0.6) is 0 Å². The van der Waals surface area contributed by atoms with Crippen LogP contribution in [0.25, 0.3) is 0 Å². The first-order valence-electron chi connectivity index (χ1n) is 6.25. The number of pyridine rings is 1. The van der Waals surface area contributed by atoms with Gasteiger partial charge < -0.3 is 5.32 Å². The number of aromatic nitrogens is 1. The molecule has 1 aliphatic rings. The molecule has 1 atom stereocenters. The average molecular weight is 219 g/mol. The first-order chi connectivity index (χ1) is 7.90. The van der Waals surface area contributed by atoms with Gasteiger partial charge in [0.15, 0.2) is 0 Å². The normalized spacial score (nSPS) is 22.2. The van der Waals surface area contributed by atoms with Crippen molar-refractivity contribution in [1.29, 1.82) is 0 Å². The van der Waals surface area contributed by atoms with Crippen molar-refractivity contribution in [3.05, 3.63) is 30.1 Å². The number of nitrogens with zero attached hydrogens (tertiary/aromatic N) is 2. The highest BCUT2D eigenvalue weighted by Gasteiger charge is 2.19. The Balaban J connectivity index is 1.84. The summed E-state index contributed by atoms with van der Waals surface area (Å²) in [5, 5.41) is 3.46. The lowest BCUT2D eigenvalue weighted by molar-refractivity contribution is 0.158. The van der Waals surface area contributed by atoms with Crippen molar-refractivity contribution < 1.29 is 0 Å². The van der Waals surface area contributed by atoms with E-state index >= 15 is 0 Å². The molecule has 2 heterocycles. The minimum absolute atomic E-state index is 0.706. The third kappa shape index (κ3) is 3.03. The summed E-state index contributed by atoms with van der Waals surface area (Å²) in [5.41, 5.74) is 1.20. The lowest BCUT2D eigenvalue weighted by Gasteiger charge is -2.35. The Kier molecular flexibility index (Phi) is 4.31. The molecular formula is C13H21N3. The first kappa shape index (κ1) is 11.6. The topological polar surface area (TPSA) is 28.2 Å². The van der Waals surface area contributed by atoms with Gasteiger partial charge in [-0.3, -0.25) is 9.88 Å². The molecule has 0 aromatic carbocycles. The monoisotopic (exact) mass is 219 g/mol. The third-order valence-corrected chi connectivity index (χ3v) is 3.32. The molecule has 3 nitrogen and oxygen atoms in total. The van der Waals surface area contributed by atoms with Crippen molar-refractivity contribution in [3.63, 3.8) is 0 Å². The Labute approximate surface area is 97.9 Å². The van der Waals surface area contributed by atoms with Crippen LogP contribution in [0, 0.1) is 0 Å². The van der Waals surface area contributed by atoms with Crippen molar-refractivity contribution in [2.75, 3.05) is 26.2 Å². The predicted molar refractivity (Wildman–Crippen MR) is 66.5 cm³/mol. The van der Waals surface area contributed by atoms with Crippen LogP contribution in [-0.2, 0) is 6.42 Å². The SMILES string of the molecule is CCC1CNCCN1CCc1ccccn1. The van der Waals surface area contributed by atoms with Gasteiger partial charge in [0.2, 0.25) is 0 Å². The molecule has 1 fully saturated rings. The van der Waals surface area contributed by atoms with E-state index in [1.807, 2.05) is 12.3 Å². The Morgan fingerprint density at radius 1 is 1.50 bits per heavy atom. The fourth-order valence-electron chi connectivity index (χ4n) is 2.30. The van der Waals surface area contributed by atoms with Crippen LogP contribution < -0.4 is 5.32 Å². The zero-order chi connectivity index (χ0) is 11.2. The summed E-state index contributed by atoms with van der Waals surface area (Å²) < 4.78 is 0.